The second kappa shape index (κ2) is 8.40. The van der Waals surface area contributed by atoms with E-state index in [0.29, 0.717) is 36.6 Å². The molecule has 25 heavy (non-hydrogen) atoms. The van der Waals surface area contributed by atoms with Gasteiger partial charge in [-0.3, -0.25) is 4.79 Å². The fraction of sp³-hybridized carbons (Fsp3) is 0.500. The van der Waals surface area contributed by atoms with Gasteiger partial charge >= 0.3 is 0 Å². The first-order valence-corrected chi connectivity index (χ1v) is 9.10. The number of hydrogen-bond donors (Lipinski definition) is 2. The van der Waals surface area contributed by atoms with Crippen molar-refractivity contribution in [1.82, 2.24) is 15.5 Å². The number of rotatable bonds is 6. The zero-order valence-corrected chi connectivity index (χ0v) is 15.1. The molecule has 1 aromatic carbocycles. The highest BCUT2D eigenvalue weighted by molar-refractivity contribution is 7.71. The average Bonchev–Trinajstić information content (AvgIpc) is 3.06. The predicted molar refractivity (Wildman–Crippen MR) is 96.8 cm³/mol. The van der Waals surface area contributed by atoms with Gasteiger partial charge < -0.3 is 14.5 Å². The van der Waals surface area contributed by atoms with Crippen LogP contribution < -0.4 is 5.32 Å². The van der Waals surface area contributed by atoms with Crippen LogP contribution in [-0.4, -0.2) is 35.4 Å². The van der Waals surface area contributed by atoms with Crippen LogP contribution in [0.25, 0.3) is 11.5 Å². The smallest absolute Gasteiger partial charge is 0.284 e. The number of aromatic amines is 1. The lowest BCUT2D eigenvalue weighted by Gasteiger charge is -2.28. The number of carbonyl (C=O) groups is 1. The summed E-state index contributed by atoms with van der Waals surface area (Å²) in [5, 5.41) is 9.42. The van der Waals surface area contributed by atoms with Crippen molar-refractivity contribution in [2.24, 2.45) is 5.92 Å². The van der Waals surface area contributed by atoms with E-state index in [1.54, 1.807) is 24.3 Å². The second-order valence-electron chi connectivity index (χ2n) is 6.42. The van der Waals surface area contributed by atoms with Gasteiger partial charge in [-0.2, -0.15) is 0 Å². The summed E-state index contributed by atoms with van der Waals surface area (Å²) in [7, 11) is 0. The number of ether oxygens (including phenoxy) is 1. The van der Waals surface area contributed by atoms with Gasteiger partial charge in [-0.1, -0.05) is 19.8 Å². The average molecular weight is 361 g/mol. The standard InChI is InChI=1S/C18H23N3O3S/c1-12-4-2-3-5-15(12)23-11-10-19-16(22)13-6-8-14(9-7-13)17-20-21-18(25)24-17/h6-9,12,15H,2-5,10-11H2,1H3,(H,19,22)(H,21,25). The van der Waals surface area contributed by atoms with E-state index in [4.69, 9.17) is 21.4 Å². The molecule has 2 atom stereocenters. The molecular weight excluding hydrogens is 338 g/mol. The SMILES string of the molecule is CC1CCCCC1OCCNC(=O)c1ccc(-c2n[nH]c(=S)o2)cc1. The fourth-order valence-electron chi connectivity index (χ4n) is 3.12. The van der Waals surface area contributed by atoms with Crippen molar-refractivity contribution in [2.75, 3.05) is 13.2 Å². The van der Waals surface area contributed by atoms with Crippen LogP contribution in [0.5, 0.6) is 0 Å². The quantitative estimate of drug-likeness (QED) is 0.605. The Morgan fingerprint density at radius 2 is 2.12 bits per heavy atom. The lowest BCUT2D eigenvalue weighted by Crippen LogP contribution is -2.31. The van der Waals surface area contributed by atoms with Crippen molar-refractivity contribution < 1.29 is 13.9 Å². The molecule has 1 aromatic heterocycles. The van der Waals surface area contributed by atoms with Crippen LogP contribution in [0, 0.1) is 10.8 Å². The summed E-state index contributed by atoms with van der Waals surface area (Å²) >= 11 is 4.85. The zero-order valence-electron chi connectivity index (χ0n) is 14.3. The van der Waals surface area contributed by atoms with Gasteiger partial charge in [0.15, 0.2) is 0 Å². The Bertz CT molecular complexity index is 753. The molecule has 7 heteroatoms. The molecular formula is C18H23N3O3S. The van der Waals surface area contributed by atoms with E-state index >= 15 is 0 Å². The molecule has 3 rings (SSSR count). The van der Waals surface area contributed by atoms with Crippen molar-refractivity contribution >= 4 is 18.1 Å². The van der Waals surface area contributed by atoms with Gasteiger partial charge in [-0.05, 0) is 55.2 Å². The minimum absolute atomic E-state index is 0.116. The van der Waals surface area contributed by atoms with E-state index in [0.717, 1.165) is 12.0 Å². The number of amides is 1. The number of benzene rings is 1. The molecule has 2 N–H and O–H groups in total. The first-order valence-electron chi connectivity index (χ1n) is 8.69. The molecule has 1 amide bonds. The summed E-state index contributed by atoms with van der Waals surface area (Å²) in [5.74, 6) is 0.904. The van der Waals surface area contributed by atoms with Crippen molar-refractivity contribution in [3.8, 4) is 11.5 Å². The summed E-state index contributed by atoms with van der Waals surface area (Å²) in [6, 6.07) is 7.04. The van der Waals surface area contributed by atoms with Crippen LogP contribution in [0.1, 0.15) is 43.0 Å². The minimum Gasteiger partial charge on any atom is -0.409 e. The van der Waals surface area contributed by atoms with Crippen LogP contribution in [0.4, 0.5) is 0 Å². The maximum Gasteiger partial charge on any atom is 0.284 e. The number of H-pyrrole nitrogens is 1. The lowest BCUT2D eigenvalue weighted by atomic mass is 9.88. The van der Waals surface area contributed by atoms with Crippen LogP contribution in [-0.2, 0) is 4.74 Å². The summed E-state index contributed by atoms with van der Waals surface area (Å²) in [6.45, 7) is 3.30. The maximum atomic E-state index is 12.2. The topological polar surface area (TPSA) is 80.1 Å². The van der Waals surface area contributed by atoms with Crippen LogP contribution in [0.15, 0.2) is 28.7 Å². The van der Waals surface area contributed by atoms with Crippen LogP contribution >= 0.6 is 12.2 Å². The van der Waals surface area contributed by atoms with Crippen molar-refractivity contribution in [3.63, 3.8) is 0 Å². The predicted octanol–water partition coefficient (Wildman–Crippen LogP) is 3.72. The van der Waals surface area contributed by atoms with Crippen LogP contribution in [0.2, 0.25) is 0 Å². The molecule has 134 valence electrons. The van der Waals surface area contributed by atoms with Gasteiger partial charge in [-0.25, -0.2) is 5.10 Å². The Hall–Kier alpha value is -1.99. The molecule has 0 radical (unpaired) electrons. The Morgan fingerprint density at radius 3 is 2.80 bits per heavy atom. The van der Waals surface area contributed by atoms with Gasteiger partial charge in [0.25, 0.3) is 10.7 Å². The molecule has 1 fully saturated rings. The monoisotopic (exact) mass is 361 g/mol. The molecule has 0 saturated heterocycles. The van der Waals surface area contributed by atoms with Crippen molar-refractivity contribution in [1.29, 1.82) is 0 Å². The summed E-state index contributed by atoms with van der Waals surface area (Å²) in [5.41, 5.74) is 1.35. The molecule has 1 aliphatic rings. The summed E-state index contributed by atoms with van der Waals surface area (Å²) in [6.07, 6.45) is 5.23. The zero-order chi connectivity index (χ0) is 17.6. The molecule has 1 aliphatic carbocycles. The van der Waals surface area contributed by atoms with Crippen LogP contribution in [0.3, 0.4) is 0 Å². The molecule has 0 spiro atoms. The summed E-state index contributed by atoms with van der Waals surface area (Å²) in [4.78, 5) is 12.4. The Morgan fingerprint density at radius 1 is 1.36 bits per heavy atom. The van der Waals surface area contributed by atoms with E-state index < -0.39 is 0 Å². The number of nitrogens with one attached hydrogen (secondary N) is 2. The third-order valence-electron chi connectivity index (χ3n) is 4.58. The lowest BCUT2D eigenvalue weighted by molar-refractivity contribution is -0.00293. The number of carbonyl (C=O) groups excluding carboxylic acids is 1. The molecule has 2 unspecified atom stereocenters. The Kier molecular flexibility index (Phi) is 5.99. The Labute approximate surface area is 152 Å². The van der Waals surface area contributed by atoms with Crippen molar-refractivity contribution in [3.05, 3.63) is 34.7 Å². The highest BCUT2D eigenvalue weighted by Gasteiger charge is 2.21. The van der Waals surface area contributed by atoms with E-state index in [1.807, 2.05) is 0 Å². The van der Waals surface area contributed by atoms with Gasteiger partial charge in [0.05, 0.1) is 12.7 Å². The number of hydrogen-bond acceptors (Lipinski definition) is 5. The second-order valence-corrected chi connectivity index (χ2v) is 6.79. The normalized spacial score (nSPS) is 20.4. The van der Waals surface area contributed by atoms with Gasteiger partial charge in [0, 0.05) is 17.7 Å². The highest BCUT2D eigenvalue weighted by atomic mass is 32.1. The molecule has 1 saturated carbocycles. The van der Waals surface area contributed by atoms with Crippen molar-refractivity contribution in [2.45, 2.75) is 38.7 Å². The van der Waals surface area contributed by atoms with Gasteiger partial charge in [-0.15, -0.1) is 5.10 Å². The number of aromatic nitrogens is 2. The third kappa shape index (κ3) is 4.76. The molecule has 0 aliphatic heterocycles. The Balaban J connectivity index is 1.46. The largest absolute Gasteiger partial charge is 0.409 e. The summed E-state index contributed by atoms with van der Waals surface area (Å²) < 4.78 is 11.2. The molecule has 2 aromatic rings. The van der Waals surface area contributed by atoms with E-state index in [-0.39, 0.29) is 10.7 Å². The minimum atomic E-state index is -0.116. The van der Waals surface area contributed by atoms with E-state index in [2.05, 4.69) is 22.4 Å². The first-order chi connectivity index (χ1) is 12.1. The maximum absolute atomic E-state index is 12.2. The van der Waals surface area contributed by atoms with Gasteiger partial charge in [0.2, 0.25) is 5.89 Å². The van der Waals surface area contributed by atoms with E-state index in [9.17, 15) is 4.79 Å². The van der Waals surface area contributed by atoms with E-state index in [1.165, 1.54) is 19.3 Å². The van der Waals surface area contributed by atoms with Gasteiger partial charge in [0.1, 0.15) is 0 Å². The molecule has 0 bridgehead atoms. The third-order valence-corrected chi connectivity index (χ3v) is 4.76. The highest BCUT2D eigenvalue weighted by Crippen LogP contribution is 2.26. The number of nitrogens with zero attached hydrogens (tertiary/aromatic N) is 1. The molecule has 6 nitrogen and oxygen atoms in total. The molecule has 1 heterocycles. The first kappa shape index (κ1) is 17.8. The fourth-order valence-corrected chi connectivity index (χ4v) is 3.25.